The van der Waals surface area contributed by atoms with Crippen molar-refractivity contribution >= 4 is 23.8 Å². The lowest BCUT2D eigenvalue weighted by atomic mass is 9.80. The van der Waals surface area contributed by atoms with E-state index in [9.17, 15) is 19.2 Å². The Bertz CT molecular complexity index is 751. The Balaban J connectivity index is 0.000000211. The first-order chi connectivity index (χ1) is 18.3. The van der Waals surface area contributed by atoms with Crippen LogP contribution in [0.5, 0.6) is 0 Å². The summed E-state index contributed by atoms with van der Waals surface area (Å²) in [5.74, 6) is -0.144. The third-order valence-corrected chi connectivity index (χ3v) is 8.64. The summed E-state index contributed by atoms with van der Waals surface area (Å²) in [6.07, 6.45) is 12.8. The summed E-state index contributed by atoms with van der Waals surface area (Å²) in [6.45, 7) is 9.76. The number of amides is 2. The molecule has 6 fully saturated rings. The molecule has 6 rings (SSSR count). The molecule has 0 aliphatic carbocycles. The monoisotopic (exact) mass is 534 g/mol. The molecule has 0 aromatic rings. The first-order valence-electron chi connectivity index (χ1n) is 15.3. The van der Waals surface area contributed by atoms with E-state index in [0.29, 0.717) is 12.8 Å². The topological polar surface area (TPSA) is 93.2 Å². The van der Waals surface area contributed by atoms with E-state index in [1.807, 2.05) is 23.6 Å². The Hall–Kier alpha value is -2.12. The summed E-state index contributed by atoms with van der Waals surface area (Å²) in [4.78, 5) is 51.8. The van der Waals surface area contributed by atoms with Crippen LogP contribution in [0.3, 0.4) is 0 Å². The number of hydrogen-bond acceptors (Lipinski definition) is 6. The maximum absolute atomic E-state index is 12.2. The molecule has 216 valence electrons. The number of β-lactam (4-membered cyclic amide) rings is 2. The number of rotatable bonds is 4. The van der Waals surface area contributed by atoms with Gasteiger partial charge in [-0.1, -0.05) is 52.4 Å². The number of nitrogens with zero attached hydrogens (tertiary/aromatic N) is 2. The molecular weight excluding hydrogens is 484 g/mol. The van der Waals surface area contributed by atoms with E-state index in [4.69, 9.17) is 9.47 Å². The van der Waals surface area contributed by atoms with Gasteiger partial charge in [0.15, 0.2) is 0 Å². The van der Waals surface area contributed by atoms with Crippen LogP contribution >= 0.6 is 0 Å². The number of carbonyl (C=O) groups excluding carboxylic acids is 4. The predicted octanol–water partition coefficient (Wildman–Crippen LogP) is 5.02. The largest absolute Gasteiger partial charge is 0.462 e. The Morgan fingerprint density at radius 1 is 0.605 bits per heavy atom. The van der Waals surface area contributed by atoms with Crippen LogP contribution in [0.2, 0.25) is 0 Å². The fraction of sp³-hybridized carbons (Fsp3) is 0.867. The second kappa shape index (κ2) is 14.9. The summed E-state index contributed by atoms with van der Waals surface area (Å²) in [7, 11) is 0. The molecule has 0 radical (unpaired) electrons. The van der Waals surface area contributed by atoms with Crippen molar-refractivity contribution in [1.82, 2.24) is 9.80 Å². The maximum Gasteiger partial charge on any atom is 0.306 e. The van der Waals surface area contributed by atoms with E-state index in [0.717, 1.165) is 90.1 Å². The molecule has 4 bridgehead atoms. The molecule has 38 heavy (non-hydrogen) atoms. The van der Waals surface area contributed by atoms with Crippen LogP contribution in [0, 0.1) is 11.8 Å². The zero-order valence-electron chi connectivity index (χ0n) is 24.1. The molecule has 0 aromatic heterocycles. The fourth-order valence-corrected chi connectivity index (χ4v) is 6.59. The molecule has 0 N–H and O–H groups in total. The van der Waals surface area contributed by atoms with Gasteiger partial charge in [0.2, 0.25) is 11.8 Å². The Morgan fingerprint density at radius 2 is 0.974 bits per heavy atom. The Labute approximate surface area is 229 Å². The molecule has 6 heterocycles. The molecule has 6 atom stereocenters. The summed E-state index contributed by atoms with van der Waals surface area (Å²) in [5, 5.41) is 0. The lowest BCUT2D eigenvalue weighted by Crippen LogP contribution is -2.64. The summed E-state index contributed by atoms with van der Waals surface area (Å²) < 4.78 is 10.9. The van der Waals surface area contributed by atoms with E-state index in [-0.39, 0.29) is 59.9 Å². The van der Waals surface area contributed by atoms with Crippen LogP contribution in [-0.4, -0.2) is 70.9 Å². The third kappa shape index (κ3) is 7.50. The Morgan fingerprint density at radius 3 is 1.34 bits per heavy atom. The minimum Gasteiger partial charge on any atom is -0.462 e. The number of carbonyl (C=O) groups is 4. The third-order valence-electron chi connectivity index (χ3n) is 8.64. The van der Waals surface area contributed by atoms with E-state index >= 15 is 0 Å². The number of esters is 2. The summed E-state index contributed by atoms with van der Waals surface area (Å²) >= 11 is 0. The van der Waals surface area contributed by atoms with Crippen molar-refractivity contribution in [2.45, 2.75) is 142 Å². The number of ether oxygens (including phenoxy) is 2. The van der Waals surface area contributed by atoms with Gasteiger partial charge in [-0.25, -0.2) is 0 Å². The molecule has 6 aliphatic heterocycles. The van der Waals surface area contributed by atoms with Crippen molar-refractivity contribution in [2.24, 2.45) is 11.8 Å². The molecule has 0 saturated carbocycles. The van der Waals surface area contributed by atoms with Crippen LogP contribution < -0.4 is 0 Å². The van der Waals surface area contributed by atoms with Gasteiger partial charge in [0.1, 0.15) is 12.2 Å². The van der Waals surface area contributed by atoms with Gasteiger partial charge in [-0.2, -0.15) is 0 Å². The molecule has 0 spiro atoms. The molecular formula is C30H50N2O6. The molecule has 2 amide bonds. The lowest BCUT2D eigenvalue weighted by Gasteiger charge is -2.49. The lowest BCUT2D eigenvalue weighted by molar-refractivity contribution is -0.175. The van der Waals surface area contributed by atoms with Crippen molar-refractivity contribution < 1.29 is 28.7 Å². The Kier molecular flexibility index (Phi) is 11.9. The second-order valence-corrected chi connectivity index (χ2v) is 11.5. The standard InChI is InChI=1S/2C15H25NO3/c2*1-3-8-12-14-11(2)19-13(17)9-6-4-5-7-10-16(12)15(14)18/h2*11-12,14H,3-10H2,1-2H3/t2*11-,12-,14-/m11/s1. The van der Waals surface area contributed by atoms with Gasteiger partial charge in [-0.3, -0.25) is 19.2 Å². The predicted molar refractivity (Wildman–Crippen MR) is 145 cm³/mol. The van der Waals surface area contributed by atoms with Gasteiger partial charge < -0.3 is 19.3 Å². The molecule has 6 saturated heterocycles. The number of hydrogen-bond donors (Lipinski definition) is 0. The van der Waals surface area contributed by atoms with Crippen molar-refractivity contribution in [3.05, 3.63) is 0 Å². The minimum atomic E-state index is -0.271. The van der Waals surface area contributed by atoms with Crippen molar-refractivity contribution in [2.75, 3.05) is 13.1 Å². The van der Waals surface area contributed by atoms with Gasteiger partial charge in [0.25, 0.3) is 0 Å². The fourth-order valence-electron chi connectivity index (χ4n) is 6.59. The van der Waals surface area contributed by atoms with Crippen LogP contribution in [-0.2, 0) is 28.7 Å². The van der Waals surface area contributed by atoms with E-state index in [2.05, 4.69) is 13.8 Å². The highest BCUT2D eigenvalue weighted by atomic mass is 16.5. The van der Waals surface area contributed by atoms with Crippen LogP contribution in [0.1, 0.15) is 118 Å². The van der Waals surface area contributed by atoms with Crippen molar-refractivity contribution in [1.29, 1.82) is 0 Å². The molecule has 8 heteroatoms. The zero-order valence-corrected chi connectivity index (χ0v) is 24.1. The second-order valence-electron chi connectivity index (χ2n) is 11.5. The van der Waals surface area contributed by atoms with E-state index < -0.39 is 0 Å². The highest BCUT2D eigenvalue weighted by Crippen LogP contribution is 2.36. The molecule has 6 aliphatic rings. The minimum absolute atomic E-state index is 0.108. The highest BCUT2D eigenvalue weighted by molar-refractivity contribution is 5.87. The van der Waals surface area contributed by atoms with E-state index in [1.165, 1.54) is 0 Å². The van der Waals surface area contributed by atoms with Gasteiger partial charge in [-0.15, -0.1) is 0 Å². The normalized spacial score (nSPS) is 32.9. The quantitative estimate of drug-likeness (QED) is 0.371. The van der Waals surface area contributed by atoms with Crippen LogP contribution in [0.25, 0.3) is 0 Å². The first-order valence-corrected chi connectivity index (χ1v) is 15.3. The average molecular weight is 535 g/mol. The zero-order chi connectivity index (χ0) is 27.7. The van der Waals surface area contributed by atoms with E-state index in [1.54, 1.807) is 0 Å². The molecule has 8 nitrogen and oxygen atoms in total. The smallest absolute Gasteiger partial charge is 0.306 e. The summed E-state index contributed by atoms with van der Waals surface area (Å²) in [5.41, 5.74) is 0. The highest BCUT2D eigenvalue weighted by Gasteiger charge is 2.51. The van der Waals surface area contributed by atoms with Gasteiger partial charge in [-0.05, 0) is 52.4 Å². The van der Waals surface area contributed by atoms with Crippen LogP contribution in [0.4, 0.5) is 0 Å². The first kappa shape index (κ1) is 30.4. The number of fused-ring (bicyclic) bond motifs is 16. The van der Waals surface area contributed by atoms with Crippen molar-refractivity contribution in [3.63, 3.8) is 0 Å². The average Bonchev–Trinajstić information content (AvgIpc) is 2.86. The molecule has 0 unspecified atom stereocenters. The maximum atomic E-state index is 12.2. The summed E-state index contributed by atoms with van der Waals surface area (Å²) in [6, 6.07) is 0.555. The van der Waals surface area contributed by atoms with Gasteiger partial charge in [0, 0.05) is 38.0 Å². The van der Waals surface area contributed by atoms with Gasteiger partial charge >= 0.3 is 11.9 Å². The van der Waals surface area contributed by atoms with Crippen molar-refractivity contribution in [3.8, 4) is 0 Å². The van der Waals surface area contributed by atoms with Crippen LogP contribution in [0.15, 0.2) is 0 Å². The van der Waals surface area contributed by atoms with Gasteiger partial charge in [0.05, 0.1) is 11.8 Å². The molecule has 0 aromatic carbocycles. The SMILES string of the molecule is CCC[C@@H]1[C@@H]2C(=O)N1CCCCCCC(=O)O[C@@H]2C.CCC[C@@H]1[C@@H]2C(=O)N1CCCCCCC(=O)O[C@@H]2C.